The number of aromatic nitrogens is 3. The monoisotopic (exact) mass is 368 g/mol. The Bertz CT molecular complexity index is 897. The molecule has 2 aromatic rings. The predicted molar refractivity (Wildman–Crippen MR) is 99.5 cm³/mol. The summed E-state index contributed by atoms with van der Waals surface area (Å²) in [6, 6.07) is 9.05. The SMILES string of the molecule is COC(=O)CC[C@H]1CC[C@H](n2c(C)nn(-c3ccc(C#N)cc3)c2=O)CC1. The Hall–Kier alpha value is -2.88. The highest BCUT2D eigenvalue weighted by Crippen LogP contribution is 2.34. The van der Waals surface area contributed by atoms with Crippen LogP contribution in [0.3, 0.4) is 0 Å². The summed E-state index contributed by atoms with van der Waals surface area (Å²) in [5.41, 5.74) is 1.07. The van der Waals surface area contributed by atoms with Crippen LogP contribution in [0.15, 0.2) is 29.1 Å². The molecule has 7 heteroatoms. The highest BCUT2D eigenvalue weighted by molar-refractivity contribution is 5.69. The minimum atomic E-state index is -0.159. The molecule has 0 unspecified atom stereocenters. The zero-order valence-electron chi connectivity index (χ0n) is 15.7. The number of carbonyl (C=O) groups is 1. The van der Waals surface area contributed by atoms with Crippen molar-refractivity contribution in [2.75, 3.05) is 7.11 Å². The van der Waals surface area contributed by atoms with Gasteiger partial charge in [-0.1, -0.05) is 0 Å². The van der Waals surface area contributed by atoms with Crippen LogP contribution in [-0.4, -0.2) is 27.4 Å². The molecule has 0 bridgehead atoms. The topological polar surface area (TPSA) is 89.9 Å². The largest absolute Gasteiger partial charge is 0.469 e. The van der Waals surface area contributed by atoms with E-state index in [1.165, 1.54) is 11.8 Å². The Morgan fingerprint density at radius 2 is 1.93 bits per heavy atom. The second-order valence-corrected chi connectivity index (χ2v) is 7.06. The molecule has 1 fully saturated rings. The summed E-state index contributed by atoms with van der Waals surface area (Å²) in [4.78, 5) is 24.2. The maximum Gasteiger partial charge on any atom is 0.350 e. The number of nitriles is 1. The van der Waals surface area contributed by atoms with Crippen LogP contribution in [0.25, 0.3) is 5.69 Å². The van der Waals surface area contributed by atoms with E-state index in [4.69, 9.17) is 10.00 Å². The number of aryl methyl sites for hydroxylation is 1. The summed E-state index contributed by atoms with van der Waals surface area (Å²) in [7, 11) is 1.42. The van der Waals surface area contributed by atoms with Crippen molar-refractivity contribution in [2.24, 2.45) is 5.92 Å². The zero-order valence-corrected chi connectivity index (χ0v) is 15.7. The Morgan fingerprint density at radius 1 is 1.26 bits per heavy atom. The molecule has 7 nitrogen and oxygen atoms in total. The summed E-state index contributed by atoms with van der Waals surface area (Å²) in [6.07, 6.45) is 5.11. The number of hydrogen-bond acceptors (Lipinski definition) is 5. The molecule has 1 aliphatic carbocycles. The third-order valence-corrected chi connectivity index (χ3v) is 5.39. The first-order chi connectivity index (χ1) is 13.0. The first-order valence-corrected chi connectivity index (χ1v) is 9.29. The number of hydrogen-bond donors (Lipinski definition) is 0. The molecule has 1 aliphatic rings. The fraction of sp³-hybridized carbons (Fsp3) is 0.500. The minimum Gasteiger partial charge on any atom is -0.469 e. The lowest BCUT2D eigenvalue weighted by atomic mass is 9.83. The lowest BCUT2D eigenvalue weighted by molar-refractivity contribution is -0.141. The molecule has 0 amide bonds. The van der Waals surface area contributed by atoms with Crippen molar-refractivity contribution >= 4 is 5.97 Å². The van der Waals surface area contributed by atoms with Crippen molar-refractivity contribution in [3.63, 3.8) is 0 Å². The normalized spacial score (nSPS) is 19.4. The van der Waals surface area contributed by atoms with Gasteiger partial charge in [0.05, 0.1) is 24.4 Å². The van der Waals surface area contributed by atoms with Gasteiger partial charge < -0.3 is 4.74 Å². The van der Waals surface area contributed by atoms with Gasteiger partial charge in [0, 0.05) is 12.5 Å². The molecule has 27 heavy (non-hydrogen) atoms. The summed E-state index contributed by atoms with van der Waals surface area (Å²) in [5.74, 6) is 1.04. The molecular formula is C20H24N4O3. The molecule has 0 N–H and O–H groups in total. The summed E-state index contributed by atoms with van der Waals surface area (Å²) >= 11 is 0. The molecule has 1 aromatic carbocycles. The molecule has 0 saturated heterocycles. The summed E-state index contributed by atoms with van der Waals surface area (Å²) < 4.78 is 7.90. The minimum absolute atomic E-state index is 0.138. The molecule has 142 valence electrons. The highest BCUT2D eigenvalue weighted by Gasteiger charge is 2.26. The zero-order chi connectivity index (χ0) is 19.4. The second kappa shape index (κ2) is 8.21. The molecule has 1 heterocycles. The van der Waals surface area contributed by atoms with E-state index in [1.54, 1.807) is 28.8 Å². The number of esters is 1. The predicted octanol–water partition coefficient (Wildman–Crippen LogP) is 2.90. The van der Waals surface area contributed by atoms with E-state index in [1.807, 2.05) is 6.92 Å². The Labute approximate surface area is 158 Å². The van der Waals surface area contributed by atoms with Gasteiger partial charge in [0.25, 0.3) is 0 Å². The van der Waals surface area contributed by atoms with Crippen LogP contribution in [0.1, 0.15) is 56.0 Å². The van der Waals surface area contributed by atoms with E-state index in [0.717, 1.165) is 32.1 Å². The summed E-state index contributed by atoms with van der Waals surface area (Å²) in [5, 5.41) is 13.3. The number of ether oxygens (including phenoxy) is 1. The van der Waals surface area contributed by atoms with E-state index in [0.29, 0.717) is 29.4 Å². The van der Waals surface area contributed by atoms with Crippen LogP contribution in [0.4, 0.5) is 0 Å². The van der Waals surface area contributed by atoms with Gasteiger partial charge in [-0.25, -0.2) is 4.79 Å². The van der Waals surface area contributed by atoms with E-state index in [-0.39, 0.29) is 17.7 Å². The third-order valence-electron chi connectivity index (χ3n) is 5.39. The standard InChI is InChI=1S/C20H24N4O3/c1-14-22-24(18-10-5-16(13-21)6-11-18)20(26)23(14)17-8-3-15(4-9-17)7-12-19(25)27-2/h5-6,10-11,15,17H,3-4,7-9,12H2,1-2H3/t15-,17-. The Balaban J connectivity index is 1.71. The number of benzene rings is 1. The first-order valence-electron chi connectivity index (χ1n) is 9.29. The Kier molecular flexibility index (Phi) is 5.75. The molecule has 1 aromatic heterocycles. The van der Waals surface area contributed by atoms with Gasteiger partial charge in [-0.05, 0) is 69.2 Å². The second-order valence-electron chi connectivity index (χ2n) is 7.06. The van der Waals surface area contributed by atoms with E-state index < -0.39 is 0 Å². The lowest BCUT2D eigenvalue weighted by Gasteiger charge is -2.29. The molecule has 3 rings (SSSR count). The lowest BCUT2D eigenvalue weighted by Crippen LogP contribution is -2.30. The maximum atomic E-state index is 12.9. The van der Waals surface area contributed by atoms with E-state index in [9.17, 15) is 9.59 Å². The molecule has 0 aliphatic heterocycles. The molecule has 0 atom stereocenters. The summed E-state index contributed by atoms with van der Waals surface area (Å²) in [6.45, 7) is 1.85. The maximum absolute atomic E-state index is 12.9. The first kappa shape index (κ1) is 18.9. The fourth-order valence-electron chi connectivity index (χ4n) is 3.86. The van der Waals surface area contributed by atoms with Crippen LogP contribution >= 0.6 is 0 Å². The smallest absolute Gasteiger partial charge is 0.350 e. The Morgan fingerprint density at radius 3 is 2.52 bits per heavy atom. The van der Waals surface area contributed by atoms with Crippen LogP contribution in [0.2, 0.25) is 0 Å². The third kappa shape index (κ3) is 4.11. The van der Waals surface area contributed by atoms with Crippen LogP contribution in [0, 0.1) is 24.2 Å². The van der Waals surface area contributed by atoms with Gasteiger partial charge in [0.15, 0.2) is 0 Å². The van der Waals surface area contributed by atoms with Crippen molar-refractivity contribution in [2.45, 2.75) is 51.5 Å². The van der Waals surface area contributed by atoms with Crippen molar-refractivity contribution < 1.29 is 9.53 Å². The molecule has 1 saturated carbocycles. The van der Waals surface area contributed by atoms with Gasteiger partial charge in [0.2, 0.25) is 0 Å². The van der Waals surface area contributed by atoms with Gasteiger partial charge in [-0.2, -0.15) is 15.0 Å². The van der Waals surface area contributed by atoms with Crippen LogP contribution in [0.5, 0.6) is 0 Å². The fourth-order valence-corrected chi connectivity index (χ4v) is 3.86. The number of rotatable bonds is 5. The van der Waals surface area contributed by atoms with Gasteiger partial charge in [-0.15, -0.1) is 0 Å². The quantitative estimate of drug-likeness (QED) is 0.757. The number of carbonyl (C=O) groups excluding carboxylic acids is 1. The van der Waals surface area contributed by atoms with Crippen LogP contribution in [-0.2, 0) is 9.53 Å². The average molecular weight is 368 g/mol. The van der Waals surface area contributed by atoms with Crippen LogP contribution < -0.4 is 5.69 Å². The van der Waals surface area contributed by atoms with Crippen molar-refractivity contribution in [3.8, 4) is 11.8 Å². The number of methoxy groups -OCH3 is 1. The van der Waals surface area contributed by atoms with Gasteiger partial charge >= 0.3 is 11.7 Å². The van der Waals surface area contributed by atoms with E-state index in [2.05, 4.69) is 11.2 Å². The molecule has 0 radical (unpaired) electrons. The van der Waals surface area contributed by atoms with E-state index >= 15 is 0 Å². The molecular weight excluding hydrogens is 344 g/mol. The van der Waals surface area contributed by atoms with Gasteiger partial charge in [0.1, 0.15) is 5.82 Å². The highest BCUT2D eigenvalue weighted by atomic mass is 16.5. The molecule has 0 spiro atoms. The van der Waals surface area contributed by atoms with Gasteiger partial charge in [-0.3, -0.25) is 9.36 Å². The number of nitrogens with zero attached hydrogens (tertiary/aromatic N) is 4. The van der Waals surface area contributed by atoms with Crippen molar-refractivity contribution in [1.82, 2.24) is 14.3 Å². The van der Waals surface area contributed by atoms with Crippen molar-refractivity contribution in [1.29, 1.82) is 5.26 Å². The van der Waals surface area contributed by atoms with Crippen molar-refractivity contribution in [3.05, 3.63) is 46.1 Å². The average Bonchev–Trinajstić information content (AvgIpc) is 3.00.